The first kappa shape index (κ1) is 14.1. The van der Waals surface area contributed by atoms with E-state index >= 15 is 0 Å². The Morgan fingerprint density at radius 3 is 2.72 bits per heavy atom. The van der Waals surface area contributed by atoms with E-state index in [9.17, 15) is 8.42 Å². The fourth-order valence-electron chi connectivity index (χ4n) is 1.93. The summed E-state index contributed by atoms with van der Waals surface area (Å²) in [7, 11) is -3.46. The smallest absolute Gasteiger partial charge is 0.243 e. The molecule has 1 atom stereocenters. The molecule has 1 aromatic carbocycles. The molecule has 0 radical (unpaired) electrons. The Morgan fingerprint density at radius 1 is 1.50 bits per heavy atom. The third kappa shape index (κ3) is 2.67. The maximum absolute atomic E-state index is 12.3. The van der Waals surface area contributed by atoms with Gasteiger partial charge in [0.1, 0.15) is 0 Å². The summed E-state index contributed by atoms with van der Waals surface area (Å²) in [6.07, 6.45) is 2.60. The van der Waals surface area contributed by atoms with E-state index in [0.717, 1.165) is 4.90 Å². The highest BCUT2D eigenvalue weighted by molar-refractivity contribution is 7.98. The Labute approximate surface area is 117 Å². The van der Waals surface area contributed by atoms with E-state index in [2.05, 4.69) is 0 Å². The van der Waals surface area contributed by atoms with Gasteiger partial charge >= 0.3 is 0 Å². The molecule has 100 valence electrons. The second-order valence-corrected chi connectivity index (χ2v) is 7.40. The number of benzene rings is 1. The molecule has 0 aliphatic carbocycles. The summed E-state index contributed by atoms with van der Waals surface area (Å²) in [5.41, 5.74) is 5.74. The maximum Gasteiger partial charge on any atom is 0.243 e. The van der Waals surface area contributed by atoms with Crippen LogP contribution in [0.3, 0.4) is 0 Å². The van der Waals surface area contributed by atoms with Crippen molar-refractivity contribution >= 4 is 33.4 Å². The van der Waals surface area contributed by atoms with Crippen LogP contribution in [0.1, 0.15) is 6.42 Å². The van der Waals surface area contributed by atoms with E-state index in [1.165, 1.54) is 22.1 Å². The lowest BCUT2D eigenvalue weighted by Gasteiger charge is -2.16. The van der Waals surface area contributed by atoms with Gasteiger partial charge in [-0.1, -0.05) is 11.6 Å². The zero-order chi connectivity index (χ0) is 13.3. The van der Waals surface area contributed by atoms with Gasteiger partial charge in [0.05, 0.1) is 9.92 Å². The second kappa shape index (κ2) is 5.38. The molecule has 0 bridgehead atoms. The Hall–Kier alpha value is -0.270. The number of thioether (sulfide) groups is 1. The average molecular weight is 307 g/mol. The molecule has 0 spiro atoms. The SMILES string of the molecule is CSc1ccc(S(=O)(=O)N2CC[C@@H](N)C2)cc1Cl. The van der Waals surface area contributed by atoms with Gasteiger partial charge in [-0.2, -0.15) is 4.31 Å². The van der Waals surface area contributed by atoms with Crippen LogP contribution in [0.15, 0.2) is 28.0 Å². The fourth-order valence-corrected chi connectivity index (χ4v) is 4.40. The number of nitrogens with two attached hydrogens (primary N) is 1. The Bertz CT molecular complexity index is 548. The monoisotopic (exact) mass is 306 g/mol. The van der Waals surface area contributed by atoms with Crippen molar-refractivity contribution < 1.29 is 8.42 Å². The standard InChI is InChI=1S/C11H15ClN2O2S2/c1-17-11-3-2-9(6-10(11)12)18(15,16)14-5-4-8(13)7-14/h2-3,6,8H,4-5,7,13H2,1H3/t8-/m1/s1. The molecule has 7 heteroatoms. The molecule has 0 saturated carbocycles. The van der Waals surface area contributed by atoms with Crippen LogP contribution in [0.25, 0.3) is 0 Å². The predicted octanol–water partition coefficient (Wildman–Crippen LogP) is 1.78. The van der Waals surface area contributed by atoms with Crippen LogP contribution < -0.4 is 5.73 Å². The molecule has 1 saturated heterocycles. The summed E-state index contributed by atoms with van der Waals surface area (Å²) in [4.78, 5) is 1.10. The molecule has 2 N–H and O–H groups in total. The van der Waals surface area contributed by atoms with Gasteiger partial charge in [0, 0.05) is 24.0 Å². The number of nitrogens with zero attached hydrogens (tertiary/aromatic N) is 1. The Morgan fingerprint density at radius 2 is 2.22 bits per heavy atom. The highest BCUT2D eigenvalue weighted by Gasteiger charge is 2.31. The lowest BCUT2D eigenvalue weighted by molar-refractivity contribution is 0.472. The van der Waals surface area contributed by atoms with Crippen molar-refractivity contribution in [2.24, 2.45) is 5.73 Å². The van der Waals surface area contributed by atoms with Gasteiger partial charge in [0.25, 0.3) is 0 Å². The molecule has 1 aliphatic heterocycles. The van der Waals surface area contributed by atoms with Crippen LogP contribution in [0, 0.1) is 0 Å². The van der Waals surface area contributed by atoms with Gasteiger partial charge in [0.2, 0.25) is 10.0 Å². The van der Waals surface area contributed by atoms with Crippen molar-refractivity contribution in [1.29, 1.82) is 0 Å². The minimum absolute atomic E-state index is 0.0688. The molecule has 0 aromatic heterocycles. The summed E-state index contributed by atoms with van der Waals surface area (Å²) < 4.78 is 26.1. The van der Waals surface area contributed by atoms with E-state index in [1.807, 2.05) is 6.26 Å². The van der Waals surface area contributed by atoms with Crippen molar-refractivity contribution in [1.82, 2.24) is 4.31 Å². The minimum Gasteiger partial charge on any atom is -0.326 e. The summed E-state index contributed by atoms with van der Waals surface area (Å²) in [6.45, 7) is 0.857. The van der Waals surface area contributed by atoms with Crippen molar-refractivity contribution in [2.45, 2.75) is 22.3 Å². The zero-order valence-corrected chi connectivity index (χ0v) is 12.4. The summed E-state index contributed by atoms with van der Waals surface area (Å²) in [5, 5.41) is 0.465. The first-order chi connectivity index (χ1) is 8.45. The second-order valence-electron chi connectivity index (χ2n) is 4.21. The molecular weight excluding hydrogens is 292 g/mol. The van der Waals surface area contributed by atoms with Crippen molar-refractivity contribution in [2.75, 3.05) is 19.3 Å². The van der Waals surface area contributed by atoms with Crippen LogP contribution in [-0.4, -0.2) is 38.1 Å². The molecule has 1 heterocycles. The largest absolute Gasteiger partial charge is 0.326 e. The molecule has 1 aromatic rings. The first-order valence-corrected chi connectivity index (χ1v) is 8.58. The van der Waals surface area contributed by atoms with Gasteiger partial charge in [-0.05, 0) is 30.9 Å². The van der Waals surface area contributed by atoms with E-state index in [0.29, 0.717) is 24.5 Å². The highest BCUT2D eigenvalue weighted by Crippen LogP contribution is 2.29. The molecule has 0 amide bonds. The lowest BCUT2D eigenvalue weighted by atomic mass is 10.3. The summed E-state index contributed by atoms with van der Waals surface area (Å²) in [6, 6.07) is 4.76. The number of hydrogen-bond acceptors (Lipinski definition) is 4. The highest BCUT2D eigenvalue weighted by atomic mass is 35.5. The maximum atomic E-state index is 12.3. The third-order valence-electron chi connectivity index (χ3n) is 2.95. The van der Waals surface area contributed by atoms with Gasteiger partial charge in [-0.25, -0.2) is 8.42 Å². The number of rotatable bonds is 3. The van der Waals surface area contributed by atoms with E-state index in [4.69, 9.17) is 17.3 Å². The molecule has 18 heavy (non-hydrogen) atoms. The number of hydrogen-bond donors (Lipinski definition) is 1. The Balaban J connectivity index is 2.33. The van der Waals surface area contributed by atoms with E-state index < -0.39 is 10.0 Å². The first-order valence-electron chi connectivity index (χ1n) is 5.54. The minimum atomic E-state index is -3.46. The van der Waals surface area contributed by atoms with Gasteiger partial charge < -0.3 is 5.73 Å². The summed E-state index contributed by atoms with van der Waals surface area (Å²) in [5.74, 6) is 0. The van der Waals surface area contributed by atoms with Crippen molar-refractivity contribution in [3.05, 3.63) is 23.2 Å². The molecule has 1 fully saturated rings. The van der Waals surface area contributed by atoms with Crippen LogP contribution in [0.5, 0.6) is 0 Å². The molecular formula is C11H15ClN2O2S2. The molecule has 2 rings (SSSR count). The summed E-state index contributed by atoms with van der Waals surface area (Å²) >= 11 is 7.53. The third-order valence-corrected chi connectivity index (χ3v) is 6.03. The van der Waals surface area contributed by atoms with E-state index in [-0.39, 0.29) is 10.9 Å². The number of sulfonamides is 1. The topological polar surface area (TPSA) is 63.4 Å². The normalized spacial score (nSPS) is 21.4. The number of halogens is 1. The van der Waals surface area contributed by atoms with Crippen molar-refractivity contribution in [3.8, 4) is 0 Å². The van der Waals surface area contributed by atoms with Gasteiger partial charge in [-0.15, -0.1) is 11.8 Å². The predicted molar refractivity (Wildman–Crippen MR) is 74.6 cm³/mol. The van der Waals surface area contributed by atoms with Crippen LogP contribution in [0.2, 0.25) is 5.02 Å². The van der Waals surface area contributed by atoms with Crippen LogP contribution in [-0.2, 0) is 10.0 Å². The van der Waals surface area contributed by atoms with Gasteiger partial charge in [-0.3, -0.25) is 0 Å². The van der Waals surface area contributed by atoms with E-state index in [1.54, 1.807) is 12.1 Å². The van der Waals surface area contributed by atoms with Gasteiger partial charge in [0.15, 0.2) is 0 Å². The molecule has 0 unspecified atom stereocenters. The lowest BCUT2D eigenvalue weighted by Crippen LogP contribution is -2.31. The van der Waals surface area contributed by atoms with Crippen LogP contribution in [0.4, 0.5) is 0 Å². The van der Waals surface area contributed by atoms with Crippen LogP contribution >= 0.6 is 23.4 Å². The van der Waals surface area contributed by atoms with Crippen molar-refractivity contribution in [3.63, 3.8) is 0 Å². The Kier molecular flexibility index (Phi) is 4.23. The average Bonchev–Trinajstić information content (AvgIpc) is 2.76. The zero-order valence-electron chi connectivity index (χ0n) is 9.97. The fraction of sp³-hybridized carbons (Fsp3) is 0.455. The quantitative estimate of drug-likeness (QED) is 0.865. The molecule has 1 aliphatic rings. The molecule has 4 nitrogen and oxygen atoms in total.